The minimum absolute atomic E-state index is 0.0603. The molecule has 22 heavy (non-hydrogen) atoms. The Morgan fingerprint density at radius 3 is 2.86 bits per heavy atom. The van der Waals surface area contributed by atoms with Crippen molar-refractivity contribution in [3.63, 3.8) is 0 Å². The maximum Gasteiger partial charge on any atom is 0.317 e. The van der Waals surface area contributed by atoms with Gasteiger partial charge in [-0.1, -0.05) is 6.92 Å². The Bertz CT molecular complexity index is 336. The van der Waals surface area contributed by atoms with Crippen LogP contribution in [0.5, 0.6) is 0 Å². The van der Waals surface area contributed by atoms with Gasteiger partial charge >= 0.3 is 6.03 Å². The van der Waals surface area contributed by atoms with E-state index in [4.69, 9.17) is 5.11 Å². The minimum Gasteiger partial charge on any atom is -0.396 e. The number of aliphatic hydroxyl groups is 1. The molecular formula is C17H33N3O2. The van der Waals surface area contributed by atoms with Gasteiger partial charge in [-0.05, 0) is 64.0 Å². The van der Waals surface area contributed by atoms with Crippen molar-refractivity contribution in [3.05, 3.63) is 0 Å². The predicted molar refractivity (Wildman–Crippen MR) is 88.9 cm³/mol. The fourth-order valence-electron chi connectivity index (χ4n) is 3.81. The van der Waals surface area contributed by atoms with Crippen molar-refractivity contribution in [2.24, 2.45) is 5.92 Å². The van der Waals surface area contributed by atoms with Crippen molar-refractivity contribution in [3.8, 4) is 0 Å². The zero-order valence-electron chi connectivity index (χ0n) is 14.1. The number of carbonyl (C=O) groups excluding carboxylic acids is 1. The SMILES string of the molecule is CC1CCCN(CCCNC(=O)N2CCCCC2CCO)C1. The average molecular weight is 311 g/mol. The van der Waals surface area contributed by atoms with Gasteiger partial charge in [-0.15, -0.1) is 0 Å². The second-order valence-corrected chi connectivity index (χ2v) is 6.99. The first-order chi connectivity index (χ1) is 10.7. The molecule has 5 nitrogen and oxygen atoms in total. The Labute approximate surface area is 135 Å². The van der Waals surface area contributed by atoms with Crippen LogP contribution in [-0.4, -0.2) is 66.3 Å². The fourth-order valence-corrected chi connectivity index (χ4v) is 3.81. The maximum absolute atomic E-state index is 12.3. The average Bonchev–Trinajstić information content (AvgIpc) is 2.52. The summed E-state index contributed by atoms with van der Waals surface area (Å²) in [6.45, 7) is 7.59. The molecule has 0 aromatic carbocycles. The lowest BCUT2D eigenvalue weighted by Crippen LogP contribution is -2.49. The van der Waals surface area contributed by atoms with Crippen molar-refractivity contribution in [1.82, 2.24) is 15.1 Å². The third kappa shape index (κ3) is 5.43. The highest BCUT2D eigenvalue weighted by Crippen LogP contribution is 2.19. The largest absolute Gasteiger partial charge is 0.396 e. The quantitative estimate of drug-likeness (QED) is 0.738. The molecule has 0 bridgehead atoms. The first-order valence-corrected chi connectivity index (χ1v) is 9.08. The van der Waals surface area contributed by atoms with Gasteiger partial charge in [0.2, 0.25) is 0 Å². The summed E-state index contributed by atoms with van der Waals surface area (Å²) >= 11 is 0. The molecule has 0 aliphatic carbocycles. The van der Waals surface area contributed by atoms with E-state index in [1.807, 2.05) is 4.90 Å². The summed E-state index contributed by atoms with van der Waals surface area (Å²) in [6.07, 6.45) is 7.68. The van der Waals surface area contributed by atoms with Crippen molar-refractivity contribution in [1.29, 1.82) is 0 Å². The number of amides is 2. The predicted octanol–water partition coefficient (Wildman–Crippen LogP) is 2.05. The van der Waals surface area contributed by atoms with Crippen LogP contribution in [0.1, 0.15) is 51.9 Å². The molecule has 2 atom stereocenters. The van der Waals surface area contributed by atoms with Crippen molar-refractivity contribution in [2.45, 2.75) is 57.9 Å². The van der Waals surface area contributed by atoms with E-state index in [9.17, 15) is 4.79 Å². The normalized spacial score (nSPS) is 26.9. The second-order valence-electron chi connectivity index (χ2n) is 6.99. The van der Waals surface area contributed by atoms with Gasteiger partial charge in [-0.25, -0.2) is 4.79 Å². The minimum atomic E-state index is 0.0603. The molecule has 2 saturated heterocycles. The smallest absolute Gasteiger partial charge is 0.317 e. The highest BCUT2D eigenvalue weighted by molar-refractivity contribution is 5.74. The Kier molecular flexibility index (Phi) is 7.46. The Morgan fingerprint density at radius 1 is 1.23 bits per heavy atom. The zero-order valence-corrected chi connectivity index (χ0v) is 14.1. The lowest BCUT2D eigenvalue weighted by molar-refractivity contribution is 0.131. The molecular weight excluding hydrogens is 278 g/mol. The molecule has 0 saturated carbocycles. The van der Waals surface area contributed by atoms with Gasteiger partial charge in [0.05, 0.1) is 0 Å². The number of nitrogens with zero attached hydrogens (tertiary/aromatic N) is 2. The summed E-state index contributed by atoms with van der Waals surface area (Å²) < 4.78 is 0. The Morgan fingerprint density at radius 2 is 2.09 bits per heavy atom. The summed E-state index contributed by atoms with van der Waals surface area (Å²) in [6, 6.07) is 0.284. The molecule has 0 radical (unpaired) electrons. The number of rotatable bonds is 6. The van der Waals surface area contributed by atoms with Gasteiger partial charge in [0.1, 0.15) is 0 Å². The number of hydrogen-bond acceptors (Lipinski definition) is 3. The fraction of sp³-hybridized carbons (Fsp3) is 0.941. The summed E-state index contributed by atoms with van der Waals surface area (Å²) in [5, 5.41) is 12.2. The van der Waals surface area contributed by atoms with E-state index < -0.39 is 0 Å². The molecule has 2 aliphatic rings. The highest BCUT2D eigenvalue weighted by Gasteiger charge is 2.25. The van der Waals surface area contributed by atoms with Crippen LogP contribution in [0, 0.1) is 5.92 Å². The van der Waals surface area contributed by atoms with Gasteiger partial charge in [0.15, 0.2) is 0 Å². The van der Waals surface area contributed by atoms with Crippen LogP contribution in [0.2, 0.25) is 0 Å². The monoisotopic (exact) mass is 311 g/mol. The highest BCUT2D eigenvalue weighted by atomic mass is 16.3. The lowest BCUT2D eigenvalue weighted by Gasteiger charge is -2.35. The van der Waals surface area contributed by atoms with E-state index in [0.717, 1.165) is 44.8 Å². The van der Waals surface area contributed by atoms with Crippen LogP contribution in [0.25, 0.3) is 0 Å². The Hall–Kier alpha value is -0.810. The number of aliphatic hydroxyl groups excluding tert-OH is 1. The van der Waals surface area contributed by atoms with Gasteiger partial charge in [-0.2, -0.15) is 0 Å². The van der Waals surface area contributed by atoms with Crippen LogP contribution in [0.3, 0.4) is 0 Å². The van der Waals surface area contributed by atoms with Crippen LogP contribution in [0.15, 0.2) is 0 Å². The summed E-state index contributed by atoms with van der Waals surface area (Å²) in [4.78, 5) is 16.8. The molecule has 2 fully saturated rings. The molecule has 2 rings (SSSR count). The number of carbonyl (C=O) groups is 1. The van der Waals surface area contributed by atoms with Gasteiger partial charge in [0, 0.05) is 32.3 Å². The molecule has 2 aliphatic heterocycles. The van der Waals surface area contributed by atoms with E-state index in [1.54, 1.807) is 0 Å². The van der Waals surface area contributed by atoms with Gasteiger partial charge in [-0.3, -0.25) is 0 Å². The standard InChI is InChI=1S/C17H33N3O2/c1-15-6-4-10-19(14-15)11-5-9-18-17(22)20-12-3-2-7-16(20)8-13-21/h15-16,21H,2-14H2,1H3,(H,18,22). The number of hydrogen-bond donors (Lipinski definition) is 2. The Balaban J connectivity index is 1.64. The van der Waals surface area contributed by atoms with E-state index in [-0.39, 0.29) is 18.7 Å². The number of urea groups is 1. The summed E-state index contributed by atoms with van der Waals surface area (Å²) in [7, 11) is 0. The van der Waals surface area contributed by atoms with Gasteiger partial charge < -0.3 is 20.2 Å². The summed E-state index contributed by atoms with van der Waals surface area (Å²) in [5.74, 6) is 0.816. The molecule has 0 aromatic heterocycles. The topological polar surface area (TPSA) is 55.8 Å². The van der Waals surface area contributed by atoms with E-state index in [2.05, 4.69) is 17.1 Å². The van der Waals surface area contributed by atoms with Gasteiger partial charge in [0.25, 0.3) is 0 Å². The zero-order chi connectivity index (χ0) is 15.8. The molecule has 128 valence electrons. The van der Waals surface area contributed by atoms with Crippen LogP contribution in [0.4, 0.5) is 4.79 Å². The van der Waals surface area contributed by atoms with Crippen molar-refractivity contribution in [2.75, 3.05) is 39.3 Å². The second kappa shape index (κ2) is 9.36. The third-order valence-corrected chi connectivity index (χ3v) is 5.02. The molecule has 2 amide bonds. The summed E-state index contributed by atoms with van der Waals surface area (Å²) in [5.41, 5.74) is 0. The van der Waals surface area contributed by atoms with Crippen LogP contribution in [-0.2, 0) is 0 Å². The van der Waals surface area contributed by atoms with E-state index in [1.165, 1.54) is 32.4 Å². The molecule has 2 N–H and O–H groups in total. The van der Waals surface area contributed by atoms with Crippen molar-refractivity contribution < 1.29 is 9.90 Å². The maximum atomic E-state index is 12.3. The molecule has 5 heteroatoms. The lowest BCUT2D eigenvalue weighted by atomic mass is 10.00. The molecule has 0 spiro atoms. The van der Waals surface area contributed by atoms with Crippen LogP contribution >= 0.6 is 0 Å². The molecule has 0 aromatic rings. The number of likely N-dealkylation sites (tertiary alicyclic amines) is 2. The molecule has 2 heterocycles. The van der Waals surface area contributed by atoms with E-state index >= 15 is 0 Å². The third-order valence-electron chi connectivity index (χ3n) is 5.02. The first-order valence-electron chi connectivity index (χ1n) is 9.08. The number of piperidine rings is 2. The number of nitrogens with one attached hydrogen (secondary N) is 1. The van der Waals surface area contributed by atoms with Crippen LogP contribution < -0.4 is 5.32 Å². The molecule has 2 unspecified atom stereocenters. The first kappa shape index (κ1) is 17.5. The van der Waals surface area contributed by atoms with Crippen molar-refractivity contribution >= 4 is 6.03 Å². The van der Waals surface area contributed by atoms with E-state index in [0.29, 0.717) is 6.42 Å².